The first-order chi connectivity index (χ1) is 12.0. The van der Waals surface area contributed by atoms with Crippen LogP contribution in [0.25, 0.3) is 0 Å². The fraction of sp³-hybridized carbons (Fsp3) is 0.471. The van der Waals surface area contributed by atoms with Crippen LogP contribution in [-0.2, 0) is 6.54 Å². The number of nitro groups is 1. The lowest BCUT2D eigenvalue weighted by Crippen LogP contribution is -2.38. The van der Waals surface area contributed by atoms with E-state index in [9.17, 15) is 15.2 Å². The molecule has 8 heteroatoms. The van der Waals surface area contributed by atoms with Gasteiger partial charge in [0.05, 0.1) is 17.6 Å². The van der Waals surface area contributed by atoms with Gasteiger partial charge in [-0.05, 0) is 36.5 Å². The van der Waals surface area contributed by atoms with Gasteiger partial charge in [-0.1, -0.05) is 30.2 Å². The normalized spacial score (nSPS) is 17.0. The first-order valence-electron chi connectivity index (χ1n) is 8.36. The van der Waals surface area contributed by atoms with Crippen LogP contribution in [0.2, 0.25) is 5.02 Å². The van der Waals surface area contributed by atoms with E-state index >= 15 is 0 Å². The van der Waals surface area contributed by atoms with Gasteiger partial charge in [-0.25, -0.2) is 0 Å². The summed E-state index contributed by atoms with van der Waals surface area (Å²) in [5.41, 5.74) is 1.09. The summed E-state index contributed by atoms with van der Waals surface area (Å²) in [6.45, 7) is 0.594. The fourth-order valence-electron chi connectivity index (χ4n) is 3.09. The Morgan fingerprint density at radius 3 is 2.68 bits per heavy atom. The Morgan fingerprint density at radius 1 is 1.40 bits per heavy atom. The summed E-state index contributed by atoms with van der Waals surface area (Å²) < 4.78 is 1.39. The van der Waals surface area contributed by atoms with Crippen LogP contribution < -0.4 is 5.32 Å². The van der Waals surface area contributed by atoms with Crippen molar-refractivity contribution in [1.29, 1.82) is 0 Å². The summed E-state index contributed by atoms with van der Waals surface area (Å²) >= 11 is 5.97. The summed E-state index contributed by atoms with van der Waals surface area (Å²) in [7, 11) is 0. The van der Waals surface area contributed by atoms with Crippen LogP contribution in [0.1, 0.15) is 30.9 Å². The van der Waals surface area contributed by atoms with Crippen molar-refractivity contribution in [3.63, 3.8) is 0 Å². The first kappa shape index (κ1) is 17.8. The van der Waals surface area contributed by atoms with Gasteiger partial charge in [-0.3, -0.25) is 14.8 Å². The van der Waals surface area contributed by atoms with Crippen LogP contribution in [0.15, 0.2) is 36.7 Å². The van der Waals surface area contributed by atoms with Gasteiger partial charge in [0.25, 0.3) is 0 Å². The molecule has 1 heterocycles. The SMILES string of the molecule is O=[N+]([O-])c1cnn(CC(O)CNC(c2ccc(Cl)cc2)C2CCC2)c1. The molecular formula is C17H21ClN4O3. The van der Waals surface area contributed by atoms with E-state index in [0.717, 1.165) is 5.56 Å². The van der Waals surface area contributed by atoms with Crippen LogP contribution in [0.4, 0.5) is 5.69 Å². The van der Waals surface area contributed by atoms with Gasteiger partial charge in [-0.15, -0.1) is 0 Å². The second-order valence-electron chi connectivity index (χ2n) is 6.46. The number of hydrogen-bond acceptors (Lipinski definition) is 5. The number of aliphatic hydroxyl groups is 1. The van der Waals surface area contributed by atoms with E-state index in [1.54, 1.807) is 0 Å². The molecule has 0 spiro atoms. The molecule has 0 amide bonds. The molecule has 1 aliphatic carbocycles. The lowest BCUT2D eigenvalue weighted by molar-refractivity contribution is -0.385. The maximum Gasteiger partial charge on any atom is 0.306 e. The van der Waals surface area contributed by atoms with E-state index in [0.29, 0.717) is 17.5 Å². The standard InChI is InChI=1S/C17H21ClN4O3/c18-14-6-4-13(5-7-14)17(12-2-1-3-12)19-9-16(23)11-21-10-15(8-20-21)22(24)25/h4-8,10,12,16-17,19,23H,1-3,9,11H2. The maximum atomic E-state index is 10.7. The molecule has 1 aromatic heterocycles. The number of hydrogen-bond donors (Lipinski definition) is 2. The van der Waals surface area contributed by atoms with E-state index in [1.807, 2.05) is 24.3 Å². The van der Waals surface area contributed by atoms with Gasteiger partial charge in [0.2, 0.25) is 0 Å². The quantitative estimate of drug-likeness (QED) is 0.555. The van der Waals surface area contributed by atoms with Gasteiger partial charge in [0.15, 0.2) is 0 Å². The highest BCUT2D eigenvalue weighted by Gasteiger charge is 2.28. The molecule has 0 bridgehead atoms. The largest absolute Gasteiger partial charge is 0.390 e. The maximum absolute atomic E-state index is 10.7. The molecular weight excluding hydrogens is 344 g/mol. The number of rotatable bonds is 8. The minimum absolute atomic E-state index is 0.0753. The van der Waals surface area contributed by atoms with E-state index in [4.69, 9.17) is 11.6 Å². The van der Waals surface area contributed by atoms with E-state index in [2.05, 4.69) is 10.4 Å². The molecule has 134 valence electrons. The van der Waals surface area contributed by atoms with Crippen LogP contribution in [0.5, 0.6) is 0 Å². The summed E-state index contributed by atoms with van der Waals surface area (Å²) in [6.07, 6.45) is 5.39. The van der Waals surface area contributed by atoms with Crippen molar-refractivity contribution in [2.45, 2.75) is 38.0 Å². The third-order valence-electron chi connectivity index (χ3n) is 4.65. The molecule has 3 rings (SSSR count). The molecule has 7 nitrogen and oxygen atoms in total. The number of halogens is 1. The number of nitrogens with one attached hydrogen (secondary N) is 1. The van der Waals surface area contributed by atoms with Gasteiger partial charge in [0, 0.05) is 17.6 Å². The molecule has 2 unspecified atom stereocenters. The highest BCUT2D eigenvalue weighted by atomic mass is 35.5. The number of aromatic nitrogens is 2. The van der Waals surface area contributed by atoms with Crippen molar-refractivity contribution in [3.8, 4) is 0 Å². The number of aliphatic hydroxyl groups excluding tert-OH is 1. The van der Waals surface area contributed by atoms with Crippen molar-refractivity contribution < 1.29 is 10.0 Å². The summed E-state index contributed by atoms with van der Waals surface area (Å²) in [6, 6.07) is 7.96. The molecule has 1 aliphatic rings. The molecule has 2 N–H and O–H groups in total. The van der Waals surface area contributed by atoms with Gasteiger partial charge < -0.3 is 10.4 Å². The van der Waals surface area contributed by atoms with Crippen molar-refractivity contribution >= 4 is 17.3 Å². The van der Waals surface area contributed by atoms with Crippen LogP contribution in [0.3, 0.4) is 0 Å². The molecule has 1 aromatic carbocycles. The minimum atomic E-state index is -0.686. The summed E-state index contributed by atoms with van der Waals surface area (Å²) in [5.74, 6) is 0.555. The zero-order valence-corrected chi connectivity index (χ0v) is 14.5. The van der Waals surface area contributed by atoms with E-state index in [1.165, 1.54) is 36.3 Å². The predicted octanol–water partition coefficient (Wildman–Crippen LogP) is 2.94. The molecule has 0 aliphatic heterocycles. The summed E-state index contributed by atoms with van der Waals surface area (Å²) in [5, 5.41) is 29.0. The Morgan fingerprint density at radius 2 is 2.12 bits per heavy atom. The minimum Gasteiger partial charge on any atom is -0.390 e. The first-order valence-corrected chi connectivity index (χ1v) is 8.74. The zero-order valence-electron chi connectivity index (χ0n) is 13.7. The van der Waals surface area contributed by atoms with Crippen molar-refractivity contribution in [1.82, 2.24) is 15.1 Å². The highest BCUT2D eigenvalue weighted by molar-refractivity contribution is 6.30. The Hall–Kier alpha value is -1.96. The average Bonchev–Trinajstić information content (AvgIpc) is 2.99. The Labute approximate surface area is 150 Å². The molecule has 0 saturated heterocycles. The van der Waals surface area contributed by atoms with Crippen LogP contribution in [-0.4, -0.2) is 32.5 Å². The second kappa shape index (κ2) is 7.95. The Kier molecular flexibility index (Phi) is 5.67. The van der Waals surface area contributed by atoms with Gasteiger partial charge in [0.1, 0.15) is 12.4 Å². The Bertz CT molecular complexity index is 715. The molecule has 0 radical (unpaired) electrons. The summed E-state index contributed by atoms with van der Waals surface area (Å²) in [4.78, 5) is 10.2. The number of nitrogens with zero attached hydrogens (tertiary/aromatic N) is 3. The van der Waals surface area contributed by atoms with E-state index in [-0.39, 0.29) is 18.3 Å². The van der Waals surface area contributed by atoms with Crippen molar-refractivity contribution in [3.05, 3.63) is 57.4 Å². The lowest BCUT2D eigenvalue weighted by Gasteiger charge is -2.35. The third-order valence-corrected chi connectivity index (χ3v) is 4.90. The third kappa shape index (κ3) is 4.56. The van der Waals surface area contributed by atoms with Gasteiger partial charge >= 0.3 is 5.69 Å². The predicted molar refractivity (Wildman–Crippen MR) is 94.4 cm³/mol. The van der Waals surface area contributed by atoms with Crippen LogP contribution in [0, 0.1) is 16.0 Å². The van der Waals surface area contributed by atoms with Crippen LogP contribution >= 0.6 is 11.6 Å². The highest BCUT2D eigenvalue weighted by Crippen LogP contribution is 2.37. The molecule has 1 saturated carbocycles. The fourth-order valence-corrected chi connectivity index (χ4v) is 3.22. The molecule has 25 heavy (non-hydrogen) atoms. The zero-order chi connectivity index (χ0) is 17.8. The smallest absolute Gasteiger partial charge is 0.306 e. The average molecular weight is 365 g/mol. The molecule has 2 atom stereocenters. The lowest BCUT2D eigenvalue weighted by atomic mass is 9.77. The molecule has 2 aromatic rings. The topological polar surface area (TPSA) is 93.2 Å². The Balaban J connectivity index is 1.58. The van der Waals surface area contributed by atoms with E-state index < -0.39 is 11.0 Å². The van der Waals surface area contributed by atoms with Crippen molar-refractivity contribution in [2.75, 3.05) is 6.54 Å². The second-order valence-corrected chi connectivity index (χ2v) is 6.90. The van der Waals surface area contributed by atoms with Gasteiger partial charge in [-0.2, -0.15) is 5.10 Å². The molecule has 1 fully saturated rings. The number of benzene rings is 1. The van der Waals surface area contributed by atoms with Crippen molar-refractivity contribution in [2.24, 2.45) is 5.92 Å². The monoisotopic (exact) mass is 364 g/mol.